The number of carbonyl (C=O) groups excluding carboxylic acids is 1. The molecule has 1 aromatic heterocycles. The second-order valence-electron chi connectivity index (χ2n) is 7.84. The molecule has 6 nitrogen and oxygen atoms in total. The van der Waals surface area contributed by atoms with E-state index in [1.54, 1.807) is 0 Å². The summed E-state index contributed by atoms with van der Waals surface area (Å²) in [6, 6.07) is 6.21. The summed E-state index contributed by atoms with van der Waals surface area (Å²) < 4.78 is 11.9. The van der Waals surface area contributed by atoms with Crippen molar-refractivity contribution in [3.63, 3.8) is 0 Å². The van der Waals surface area contributed by atoms with Crippen molar-refractivity contribution < 1.29 is 14.3 Å². The van der Waals surface area contributed by atoms with E-state index in [2.05, 4.69) is 4.98 Å². The summed E-state index contributed by atoms with van der Waals surface area (Å²) in [5.41, 5.74) is 1.88. The maximum Gasteiger partial charge on any atom is 0.320 e. The van der Waals surface area contributed by atoms with Crippen LogP contribution >= 0.6 is 0 Å². The van der Waals surface area contributed by atoms with Gasteiger partial charge in [0.15, 0.2) is 0 Å². The normalized spacial score (nSPS) is 24.3. The van der Waals surface area contributed by atoms with Crippen LogP contribution in [0.4, 0.5) is 4.79 Å². The predicted molar refractivity (Wildman–Crippen MR) is 97.8 cm³/mol. The quantitative estimate of drug-likeness (QED) is 0.759. The summed E-state index contributed by atoms with van der Waals surface area (Å²) in [6.45, 7) is 7.37. The van der Waals surface area contributed by atoms with Gasteiger partial charge in [-0.25, -0.2) is 4.79 Å². The Bertz CT molecular complexity index is 639. The van der Waals surface area contributed by atoms with E-state index < -0.39 is 0 Å². The molecule has 142 valence electrons. The van der Waals surface area contributed by atoms with Gasteiger partial charge in [0.2, 0.25) is 0 Å². The Balaban J connectivity index is 1.22. The lowest BCUT2D eigenvalue weighted by molar-refractivity contribution is -0.121. The van der Waals surface area contributed by atoms with Gasteiger partial charge in [-0.2, -0.15) is 0 Å². The summed E-state index contributed by atoms with van der Waals surface area (Å²) in [5.74, 6) is 0.482. The van der Waals surface area contributed by atoms with Crippen molar-refractivity contribution in [2.75, 3.05) is 39.4 Å². The van der Waals surface area contributed by atoms with Crippen molar-refractivity contribution in [1.29, 1.82) is 0 Å². The molecule has 4 rings (SSSR count). The van der Waals surface area contributed by atoms with Gasteiger partial charge in [0, 0.05) is 32.0 Å². The number of aryl methyl sites for hydroxylation is 1. The van der Waals surface area contributed by atoms with Crippen molar-refractivity contribution in [1.82, 2.24) is 14.8 Å². The number of likely N-dealkylation sites (tertiary alicyclic amines) is 2. The molecule has 3 aliphatic rings. The van der Waals surface area contributed by atoms with E-state index in [-0.39, 0.29) is 11.6 Å². The van der Waals surface area contributed by atoms with Gasteiger partial charge < -0.3 is 19.3 Å². The largest absolute Gasteiger partial charge is 0.375 e. The fraction of sp³-hybridized carbons (Fsp3) is 0.700. The molecule has 0 saturated carbocycles. The molecule has 0 aliphatic carbocycles. The van der Waals surface area contributed by atoms with Gasteiger partial charge in [-0.15, -0.1) is 0 Å². The first-order chi connectivity index (χ1) is 12.7. The number of pyridine rings is 1. The van der Waals surface area contributed by atoms with Gasteiger partial charge in [-0.05, 0) is 50.7 Å². The number of amides is 2. The van der Waals surface area contributed by atoms with Crippen molar-refractivity contribution in [3.05, 3.63) is 29.6 Å². The Kier molecular flexibility index (Phi) is 5.14. The highest BCUT2D eigenvalue weighted by molar-refractivity contribution is 5.76. The fourth-order valence-corrected chi connectivity index (χ4v) is 4.47. The van der Waals surface area contributed by atoms with Gasteiger partial charge in [0.05, 0.1) is 25.4 Å². The highest BCUT2D eigenvalue weighted by atomic mass is 16.5. The second kappa shape index (κ2) is 7.53. The van der Waals surface area contributed by atoms with Crippen LogP contribution in [0.5, 0.6) is 0 Å². The van der Waals surface area contributed by atoms with Gasteiger partial charge >= 0.3 is 6.03 Å². The number of ether oxygens (including phenoxy) is 2. The minimum absolute atomic E-state index is 0.125. The Hall–Kier alpha value is -1.66. The second-order valence-corrected chi connectivity index (χ2v) is 7.84. The van der Waals surface area contributed by atoms with Crippen molar-refractivity contribution >= 4 is 6.03 Å². The van der Waals surface area contributed by atoms with Crippen molar-refractivity contribution in [2.24, 2.45) is 5.92 Å². The first-order valence-corrected chi connectivity index (χ1v) is 9.84. The molecular formula is C20H29N3O3. The first kappa shape index (κ1) is 17.7. The maximum atomic E-state index is 12.5. The number of aromatic nitrogens is 1. The molecule has 3 fully saturated rings. The van der Waals surface area contributed by atoms with Crippen LogP contribution < -0.4 is 0 Å². The van der Waals surface area contributed by atoms with Gasteiger partial charge in [-0.1, -0.05) is 6.07 Å². The SMILES string of the molecule is Cc1cccc(COCCC2CCOC23CN(C(=O)N2CCCC2)C3)n1. The Morgan fingerprint density at radius 2 is 2.12 bits per heavy atom. The standard InChI is InChI=1S/C20H29N3O3/c1-16-5-4-6-18(21-16)13-25-11-7-17-8-12-26-20(17)14-23(15-20)19(24)22-9-2-3-10-22/h4-6,17H,2-3,7-15H2,1H3. The number of hydrogen-bond donors (Lipinski definition) is 0. The molecule has 0 N–H and O–H groups in total. The van der Waals surface area contributed by atoms with Crippen LogP contribution in [0, 0.1) is 12.8 Å². The van der Waals surface area contributed by atoms with Crippen LogP contribution in [0.3, 0.4) is 0 Å². The van der Waals surface area contributed by atoms with E-state index in [0.717, 1.165) is 69.9 Å². The van der Waals surface area contributed by atoms with Crippen LogP contribution in [-0.4, -0.2) is 65.8 Å². The molecule has 1 unspecified atom stereocenters. The summed E-state index contributed by atoms with van der Waals surface area (Å²) in [7, 11) is 0. The molecule has 26 heavy (non-hydrogen) atoms. The van der Waals surface area contributed by atoms with E-state index in [1.165, 1.54) is 0 Å². The van der Waals surface area contributed by atoms with E-state index in [0.29, 0.717) is 19.1 Å². The monoisotopic (exact) mass is 359 g/mol. The summed E-state index contributed by atoms with van der Waals surface area (Å²) >= 11 is 0. The average Bonchev–Trinajstić information content (AvgIpc) is 3.26. The third-order valence-corrected chi connectivity index (χ3v) is 5.97. The van der Waals surface area contributed by atoms with E-state index >= 15 is 0 Å². The molecule has 1 spiro atoms. The number of urea groups is 1. The molecule has 1 atom stereocenters. The summed E-state index contributed by atoms with van der Waals surface area (Å²) in [6.07, 6.45) is 4.32. The lowest BCUT2D eigenvalue weighted by Gasteiger charge is -2.51. The summed E-state index contributed by atoms with van der Waals surface area (Å²) in [5, 5.41) is 0. The molecule has 0 aromatic carbocycles. The van der Waals surface area contributed by atoms with Crippen LogP contribution in [-0.2, 0) is 16.1 Å². The molecule has 3 aliphatic heterocycles. The molecule has 2 amide bonds. The Labute approximate surface area is 155 Å². The lowest BCUT2D eigenvalue weighted by Crippen LogP contribution is -2.67. The van der Waals surface area contributed by atoms with Gasteiger partial charge in [0.1, 0.15) is 5.60 Å². The molecule has 1 aromatic rings. The zero-order valence-corrected chi connectivity index (χ0v) is 15.7. The Morgan fingerprint density at radius 1 is 1.31 bits per heavy atom. The highest BCUT2D eigenvalue weighted by Crippen LogP contribution is 2.42. The number of carbonyl (C=O) groups is 1. The average molecular weight is 359 g/mol. The third-order valence-electron chi connectivity index (χ3n) is 5.97. The molecule has 0 radical (unpaired) electrons. The molecule has 3 saturated heterocycles. The van der Waals surface area contributed by atoms with Crippen LogP contribution in [0.15, 0.2) is 18.2 Å². The predicted octanol–water partition coefficient (Wildman–Crippen LogP) is 2.60. The third kappa shape index (κ3) is 3.58. The lowest BCUT2D eigenvalue weighted by atomic mass is 9.79. The van der Waals surface area contributed by atoms with E-state index in [4.69, 9.17) is 9.47 Å². The zero-order chi connectivity index (χ0) is 18.0. The smallest absolute Gasteiger partial charge is 0.320 e. The highest BCUT2D eigenvalue weighted by Gasteiger charge is 2.54. The van der Waals surface area contributed by atoms with E-state index in [1.807, 2.05) is 34.9 Å². The Morgan fingerprint density at radius 3 is 2.88 bits per heavy atom. The number of rotatable bonds is 5. The number of nitrogens with zero attached hydrogens (tertiary/aromatic N) is 3. The van der Waals surface area contributed by atoms with E-state index in [9.17, 15) is 4.79 Å². The minimum Gasteiger partial charge on any atom is -0.375 e. The summed E-state index contributed by atoms with van der Waals surface area (Å²) in [4.78, 5) is 20.9. The fourth-order valence-electron chi connectivity index (χ4n) is 4.47. The molecule has 4 heterocycles. The molecule has 6 heteroatoms. The minimum atomic E-state index is -0.125. The molecular weight excluding hydrogens is 330 g/mol. The van der Waals surface area contributed by atoms with Crippen LogP contribution in [0.25, 0.3) is 0 Å². The van der Waals surface area contributed by atoms with Gasteiger partial charge in [0.25, 0.3) is 0 Å². The van der Waals surface area contributed by atoms with Gasteiger partial charge in [-0.3, -0.25) is 4.98 Å². The molecule has 0 bridgehead atoms. The maximum absolute atomic E-state index is 12.5. The first-order valence-electron chi connectivity index (χ1n) is 9.84. The van der Waals surface area contributed by atoms with Crippen molar-refractivity contribution in [3.8, 4) is 0 Å². The zero-order valence-electron chi connectivity index (χ0n) is 15.7. The van der Waals surface area contributed by atoms with Crippen LogP contribution in [0.2, 0.25) is 0 Å². The van der Waals surface area contributed by atoms with Crippen LogP contribution in [0.1, 0.15) is 37.1 Å². The topological polar surface area (TPSA) is 54.9 Å². The number of hydrogen-bond acceptors (Lipinski definition) is 4. The van der Waals surface area contributed by atoms with Crippen molar-refractivity contribution in [2.45, 2.75) is 44.8 Å².